The van der Waals surface area contributed by atoms with Gasteiger partial charge in [0.1, 0.15) is 17.3 Å². The second kappa shape index (κ2) is 14.3. The van der Waals surface area contributed by atoms with Gasteiger partial charge in [0.05, 0.1) is 39.2 Å². The first-order valence-electron chi connectivity index (χ1n) is 11.3. The van der Waals surface area contributed by atoms with Crippen LogP contribution in [0.2, 0.25) is 0 Å². The Morgan fingerprint density at radius 3 is 2.39 bits per heavy atom. The Bertz CT molecular complexity index is 819. The van der Waals surface area contributed by atoms with Crippen LogP contribution >= 0.6 is 24.0 Å². The van der Waals surface area contributed by atoms with Gasteiger partial charge in [0.15, 0.2) is 5.96 Å². The lowest BCUT2D eigenvalue weighted by molar-refractivity contribution is 0.150. The SMILES string of the molecule is CCNC(=NCC(c1ccco1)N1CCCCC1)NCC(O)c1cc(OC)cc(OC)c1.I. The van der Waals surface area contributed by atoms with Gasteiger partial charge in [0.25, 0.3) is 0 Å². The zero-order valence-corrected chi connectivity index (χ0v) is 22.1. The molecule has 2 heterocycles. The number of methoxy groups -OCH3 is 2. The third kappa shape index (κ3) is 8.08. The second-order valence-corrected chi connectivity index (χ2v) is 7.89. The van der Waals surface area contributed by atoms with Crippen molar-refractivity contribution in [2.24, 2.45) is 4.99 Å². The van der Waals surface area contributed by atoms with Gasteiger partial charge in [0, 0.05) is 19.2 Å². The van der Waals surface area contributed by atoms with E-state index >= 15 is 0 Å². The number of ether oxygens (including phenoxy) is 2. The van der Waals surface area contributed by atoms with E-state index in [-0.39, 0.29) is 30.0 Å². The Morgan fingerprint density at radius 2 is 1.82 bits per heavy atom. The lowest BCUT2D eigenvalue weighted by Gasteiger charge is -2.32. The standard InChI is InChI=1S/C24H36N4O4.HI/c1-4-25-24(27-17-22(29)18-13-19(30-2)15-20(14-18)31-3)26-16-21(23-9-8-12-32-23)28-10-6-5-7-11-28;/h8-9,12-15,21-22,29H,4-7,10-11,16-17H2,1-3H3,(H2,25,26,27);1H. The predicted octanol–water partition coefficient (Wildman–Crippen LogP) is 3.73. The third-order valence-corrected chi connectivity index (χ3v) is 5.69. The molecule has 8 nitrogen and oxygen atoms in total. The Hall–Kier alpha value is -1.98. The smallest absolute Gasteiger partial charge is 0.191 e. The first kappa shape index (κ1) is 27.3. The van der Waals surface area contributed by atoms with Crippen molar-refractivity contribution in [3.8, 4) is 11.5 Å². The van der Waals surface area contributed by atoms with Gasteiger partial charge < -0.3 is 29.6 Å². The Balaban J connectivity index is 0.00000385. The van der Waals surface area contributed by atoms with Gasteiger partial charge in [-0.3, -0.25) is 9.89 Å². The molecule has 1 saturated heterocycles. The molecule has 33 heavy (non-hydrogen) atoms. The number of guanidine groups is 1. The minimum atomic E-state index is -0.745. The van der Waals surface area contributed by atoms with Crippen LogP contribution in [0.4, 0.5) is 0 Å². The van der Waals surface area contributed by atoms with E-state index in [1.807, 2.05) is 31.2 Å². The molecule has 2 atom stereocenters. The fourth-order valence-electron chi connectivity index (χ4n) is 3.95. The summed E-state index contributed by atoms with van der Waals surface area (Å²) in [6.45, 7) is 5.74. The van der Waals surface area contributed by atoms with Crippen LogP contribution in [0.1, 0.15) is 49.7 Å². The average molecular weight is 572 g/mol. The van der Waals surface area contributed by atoms with Gasteiger partial charge in [0.2, 0.25) is 0 Å². The summed E-state index contributed by atoms with van der Waals surface area (Å²) >= 11 is 0. The normalized spacial score (nSPS) is 16.4. The minimum Gasteiger partial charge on any atom is -0.497 e. The van der Waals surface area contributed by atoms with E-state index < -0.39 is 6.10 Å². The number of nitrogens with zero attached hydrogens (tertiary/aromatic N) is 2. The van der Waals surface area contributed by atoms with Crippen LogP contribution in [0.25, 0.3) is 0 Å². The summed E-state index contributed by atoms with van der Waals surface area (Å²) in [5, 5.41) is 17.3. The number of benzene rings is 1. The van der Waals surface area contributed by atoms with Crippen LogP contribution in [0.15, 0.2) is 46.0 Å². The summed E-state index contributed by atoms with van der Waals surface area (Å²) in [7, 11) is 3.19. The molecule has 1 aromatic carbocycles. The van der Waals surface area contributed by atoms with E-state index in [9.17, 15) is 5.11 Å². The molecule has 1 fully saturated rings. The number of halogens is 1. The van der Waals surface area contributed by atoms with Crippen LogP contribution in [-0.4, -0.2) is 62.9 Å². The highest BCUT2D eigenvalue weighted by atomic mass is 127. The van der Waals surface area contributed by atoms with E-state index in [2.05, 4.69) is 15.5 Å². The second-order valence-electron chi connectivity index (χ2n) is 7.89. The molecule has 9 heteroatoms. The average Bonchev–Trinajstić information content (AvgIpc) is 3.37. The van der Waals surface area contributed by atoms with Crippen molar-refractivity contribution < 1.29 is 19.0 Å². The molecule has 0 spiro atoms. The molecule has 0 amide bonds. The highest BCUT2D eigenvalue weighted by Gasteiger charge is 2.24. The topological polar surface area (TPSA) is 91.5 Å². The summed E-state index contributed by atoms with van der Waals surface area (Å²) in [5.41, 5.74) is 0.714. The van der Waals surface area contributed by atoms with Crippen LogP contribution in [-0.2, 0) is 0 Å². The largest absolute Gasteiger partial charge is 0.497 e. The lowest BCUT2D eigenvalue weighted by atomic mass is 10.1. The maximum Gasteiger partial charge on any atom is 0.191 e. The molecule has 1 aromatic heterocycles. The maximum absolute atomic E-state index is 10.7. The molecule has 1 aliphatic heterocycles. The first-order chi connectivity index (χ1) is 15.6. The maximum atomic E-state index is 10.7. The van der Waals surface area contributed by atoms with Crippen molar-refractivity contribution in [2.45, 2.75) is 38.3 Å². The van der Waals surface area contributed by atoms with Gasteiger partial charge in [-0.15, -0.1) is 24.0 Å². The van der Waals surface area contributed by atoms with Crippen molar-refractivity contribution in [1.82, 2.24) is 15.5 Å². The van der Waals surface area contributed by atoms with Gasteiger partial charge >= 0.3 is 0 Å². The summed E-state index contributed by atoms with van der Waals surface area (Å²) in [6, 6.07) is 9.45. The third-order valence-electron chi connectivity index (χ3n) is 5.69. The van der Waals surface area contributed by atoms with E-state index in [4.69, 9.17) is 18.9 Å². The lowest BCUT2D eigenvalue weighted by Crippen LogP contribution is -2.41. The number of furan rings is 1. The van der Waals surface area contributed by atoms with E-state index in [0.717, 1.165) is 25.4 Å². The molecule has 2 unspecified atom stereocenters. The van der Waals surface area contributed by atoms with Gasteiger partial charge in [-0.2, -0.15) is 0 Å². The number of rotatable bonds is 10. The number of hydrogen-bond acceptors (Lipinski definition) is 6. The van der Waals surface area contributed by atoms with E-state index in [1.54, 1.807) is 26.5 Å². The number of piperidine rings is 1. The van der Waals surface area contributed by atoms with Gasteiger partial charge in [-0.05, 0) is 62.7 Å². The van der Waals surface area contributed by atoms with Crippen LogP contribution < -0.4 is 20.1 Å². The zero-order valence-electron chi connectivity index (χ0n) is 19.8. The fraction of sp³-hybridized carbons (Fsp3) is 0.542. The van der Waals surface area contributed by atoms with Crippen molar-refractivity contribution in [3.63, 3.8) is 0 Å². The Labute approximate surface area is 213 Å². The minimum absolute atomic E-state index is 0. The number of aliphatic hydroxyl groups is 1. The highest BCUT2D eigenvalue weighted by Crippen LogP contribution is 2.27. The van der Waals surface area contributed by atoms with Crippen molar-refractivity contribution in [1.29, 1.82) is 0 Å². The first-order valence-corrected chi connectivity index (χ1v) is 11.3. The summed E-state index contributed by atoms with van der Waals surface area (Å²) in [5.74, 6) is 2.88. The molecule has 184 valence electrons. The number of hydrogen-bond donors (Lipinski definition) is 3. The van der Waals surface area contributed by atoms with Crippen LogP contribution in [0.3, 0.4) is 0 Å². The molecule has 1 aliphatic rings. The molecular weight excluding hydrogens is 535 g/mol. The molecule has 3 rings (SSSR count). The molecule has 3 N–H and O–H groups in total. The van der Waals surface area contributed by atoms with E-state index in [0.29, 0.717) is 36.1 Å². The zero-order chi connectivity index (χ0) is 22.8. The molecule has 2 aromatic rings. The number of likely N-dealkylation sites (tertiary alicyclic amines) is 1. The summed E-state index contributed by atoms with van der Waals surface area (Å²) in [6.07, 6.45) is 4.66. The highest BCUT2D eigenvalue weighted by molar-refractivity contribution is 14.0. The monoisotopic (exact) mass is 572 g/mol. The van der Waals surface area contributed by atoms with Crippen molar-refractivity contribution in [2.75, 3.05) is 46.9 Å². The number of aliphatic imine (C=N–C) groups is 1. The fourth-order valence-corrected chi connectivity index (χ4v) is 3.95. The Morgan fingerprint density at radius 1 is 1.12 bits per heavy atom. The van der Waals surface area contributed by atoms with Crippen molar-refractivity contribution >= 4 is 29.9 Å². The number of nitrogens with one attached hydrogen (secondary N) is 2. The van der Waals surface area contributed by atoms with Crippen LogP contribution in [0.5, 0.6) is 11.5 Å². The van der Waals surface area contributed by atoms with Gasteiger partial charge in [-0.25, -0.2) is 0 Å². The van der Waals surface area contributed by atoms with Gasteiger partial charge in [-0.1, -0.05) is 6.42 Å². The Kier molecular flexibility index (Phi) is 11.8. The summed E-state index contributed by atoms with van der Waals surface area (Å²) < 4.78 is 16.3. The van der Waals surface area contributed by atoms with E-state index in [1.165, 1.54) is 19.3 Å². The predicted molar refractivity (Wildman–Crippen MR) is 141 cm³/mol. The molecule has 0 saturated carbocycles. The quantitative estimate of drug-likeness (QED) is 0.227. The summed E-state index contributed by atoms with van der Waals surface area (Å²) in [4.78, 5) is 7.26. The van der Waals surface area contributed by atoms with Crippen LogP contribution in [0, 0.1) is 0 Å². The molecular formula is C24H37IN4O4. The molecule has 0 bridgehead atoms. The number of aliphatic hydroxyl groups excluding tert-OH is 1. The molecule has 0 aliphatic carbocycles. The van der Waals surface area contributed by atoms with Crippen molar-refractivity contribution in [3.05, 3.63) is 47.9 Å². The molecule has 0 radical (unpaired) electrons.